The van der Waals surface area contributed by atoms with Crippen molar-refractivity contribution in [3.8, 4) is 0 Å². The minimum absolute atomic E-state index is 0.539. The molecule has 0 aliphatic carbocycles. The van der Waals surface area contributed by atoms with E-state index in [1.165, 1.54) is 0 Å². The van der Waals surface area contributed by atoms with Gasteiger partial charge in [0.2, 0.25) is 0 Å². The third-order valence-corrected chi connectivity index (χ3v) is 2.03. The molecule has 0 spiro atoms. The van der Waals surface area contributed by atoms with Gasteiger partial charge in [-0.05, 0) is 5.53 Å². The Bertz CT molecular complexity index is 242. The van der Waals surface area contributed by atoms with Crippen LogP contribution in [-0.4, -0.2) is 57.7 Å². The van der Waals surface area contributed by atoms with E-state index in [1.54, 1.807) is 0 Å². The standard InChI is InChI=1S/C6H11N3O5/c7-9-8-6-5(13)4(12)3(11)2(1-10)14-6/h2-6,10-13H,1H2/t2?,3-,4-,5?,6-/m1/s1. The van der Waals surface area contributed by atoms with E-state index in [0.29, 0.717) is 0 Å². The molecule has 2 unspecified atom stereocenters. The molecule has 0 aromatic heterocycles. The van der Waals surface area contributed by atoms with E-state index < -0.39 is 37.3 Å². The van der Waals surface area contributed by atoms with Crippen LogP contribution in [0.2, 0.25) is 0 Å². The molecular formula is C6H11N3O5. The fourth-order valence-electron chi connectivity index (χ4n) is 1.23. The highest BCUT2D eigenvalue weighted by molar-refractivity contribution is 4.90. The van der Waals surface area contributed by atoms with Gasteiger partial charge in [0.15, 0.2) is 6.23 Å². The number of azide groups is 1. The van der Waals surface area contributed by atoms with Crippen molar-refractivity contribution in [3.05, 3.63) is 10.4 Å². The summed E-state index contributed by atoms with van der Waals surface area (Å²) in [7, 11) is 0. The Hall–Kier alpha value is -0.890. The molecule has 1 saturated heterocycles. The molecule has 8 nitrogen and oxygen atoms in total. The van der Waals surface area contributed by atoms with Crippen LogP contribution in [0, 0.1) is 0 Å². The maximum Gasteiger partial charge on any atom is 0.165 e. The zero-order valence-corrected chi connectivity index (χ0v) is 7.13. The predicted octanol–water partition coefficient (Wildman–Crippen LogP) is -1.90. The van der Waals surface area contributed by atoms with Gasteiger partial charge in [-0.3, -0.25) is 0 Å². The molecule has 1 rings (SSSR count). The first-order chi connectivity index (χ1) is 6.61. The predicted molar refractivity (Wildman–Crippen MR) is 42.9 cm³/mol. The Kier molecular flexibility index (Phi) is 3.64. The summed E-state index contributed by atoms with van der Waals surface area (Å²) in [4.78, 5) is 2.40. The van der Waals surface area contributed by atoms with Crippen molar-refractivity contribution in [1.29, 1.82) is 0 Å². The summed E-state index contributed by atoms with van der Waals surface area (Å²) >= 11 is 0. The Morgan fingerprint density at radius 2 is 1.86 bits per heavy atom. The van der Waals surface area contributed by atoms with Crippen molar-refractivity contribution in [2.75, 3.05) is 6.61 Å². The Morgan fingerprint density at radius 3 is 2.36 bits per heavy atom. The zero-order chi connectivity index (χ0) is 10.7. The van der Waals surface area contributed by atoms with Gasteiger partial charge in [0.05, 0.1) is 6.61 Å². The Labute approximate surface area is 79.0 Å². The topological polar surface area (TPSA) is 139 Å². The molecule has 5 atom stereocenters. The van der Waals surface area contributed by atoms with Crippen molar-refractivity contribution in [2.24, 2.45) is 5.11 Å². The zero-order valence-electron chi connectivity index (χ0n) is 7.13. The van der Waals surface area contributed by atoms with Gasteiger partial charge in [-0.15, -0.1) is 0 Å². The SMILES string of the molecule is [N-]=[N+]=N[C@@H]1OC(CO)[C@@H](O)[C@@H](O)C1O. The van der Waals surface area contributed by atoms with Gasteiger partial charge in [-0.25, -0.2) is 0 Å². The van der Waals surface area contributed by atoms with E-state index in [1.807, 2.05) is 0 Å². The number of aliphatic hydroxyl groups excluding tert-OH is 4. The van der Waals surface area contributed by atoms with Gasteiger partial charge < -0.3 is 25.2 Å². The largest absolute Gasteiger partial charge is 0.394 e. The smallest absolute Gasteiger partial charge is 0.165 e. The first-order valence-electron chi connectivity index (χ1n) is 3.96. The molecule has 0 radical (unpaired) electrons. The fourth-order valence-corrected chi connectivity index (χ4v) is 1.23. The van der Waals surface area contributed by atoms with Crippen LogP contribution in [0.25, 0.3) is 10.4 Å². The van der Waals surface area contributed by atoms with Gasteiger partial charge in [0, 0.05) is 4.91 Å². The van der Waals surface area contributed by atoms with E-state index in [9.17, 15) is 15.3 Å². The third-order valence-electron chi connectivity index (χ3n) is 2.03. The van der Waals surface area contributed by atoms with Crippen molar-refractivity contribution >= 4 is 0 Å². The lowest BCUT2D eigenvalue weighted by Crippen LogP contribution is -2.57. The number of hydrogen-bond acceptors (Lipinski definition) is 6. The summed E-state index contributed by atoms with van der Waals surface area (Å²) in [6.45, 7) is -0.539. The Morgan fingerprint density at radius 1 is 1.21 bits per heavy atom. The number of rotatable bonds is 2. The van der Waals surface area contributed by atoms with Crippen LogP contribution in [0.15, 0.2) is 5.11 Å². The van der Waals surface area contributed by atoms with E-state index in [4.69, 9.17) is 15.4 Å². The molecule has 0 amide bonds. The number of nitrogens with zero attached hydrogens (tertiary/aromatic N) is 3. The van der Waals surface area contributed by atoms with Crippen molar-refractivity contribution < 1.29 is 25.2 Å². The average Bonchev–Trinajstić information content (AvgIpc) is 2.19. The molecule has 0 bridgehead atoms. The number of ether oxygens (including phenoxy) is 1. The number of aliphatic hydroxyl groups is 4. The van der Waals surface area contributed by atoms with E-state index in [0.717, 1.165) is 0 Å². The van der Waals surface area contributed by atoms with Crippen molar-refractivity contribution in [1.82, 2.24) is 0 Å². The highest BCUT2D eigenvalue weighted by Crippen LogP contribution is 2.21. The fraction of sp³-hybridized carbons (Fsp3) is 1.00. The van der Waals surface area contributed by atoms with Crippen LogP contribution in [0.3, 0.4) is 0 Å². The first-order valence-corrected chi connectivity index (χ1v) is 3.96. The summed E-state index contributed by atoms with van der Waals surface area (Å²) in [5.74, 6) is 0. The van der Waals surface area contributed by atoms with E-state index in [2.05, 4.69) is 10.0 Å². The van der Waals surface area contributed by atoms with Gasteiger partial charge >= 0.3 is 0 Å². The van der Waals surface area contributed by atoms with Crippen LogP contribution < -0.4 is 0 Å². The first kappa shape index (κ1) is 11.2. The van der Waals surface area contributed by atoms with Crippen molar-refractivity contribution in [3.63, 3.8) is 0 Å². The molecule has 1 aliphatic rings. The molecule has 1 aliphatic heterocycles. The molecule has 1 heterocycles. The molecule has 80 valence electrons. The normalized spacial score (nSPS) is 43.0. The quantitative estimate of drug-likeness (QED) is 0.237. The molecule has 14 heavy (non-hydrogen) atoms. The van der Waals surface area contributed by atoms with Gasteiger partial charge in [-0.2, -0.15) is 0 Å². The molecule has 1 fully saturated rings. The molecule has 4 N–H and O–H groups in total. The molecule has 0 saturated carbocycles. The highest BCUT2D eigenvalue weighted by Gasteiger charge is 2.42. The summed E-state index contributed by atoms with van der Waals surface area (Å²) in [6, 6.07) is 0. The molecule has 0 aromatic rings. The maximum absolute atomic E-state index is 9.27. The second-order valence-corrected chi connectivity index (χ2v) is 2.92. The summed E-state index contributed by atoms with van der Waals surface area (Å²) in [5.41, 5.74) is 8.11. The third kappa shape index (κ3) is 1.95. The molecular weight excluding hydrogens is 194 g/mol. The van der Waals surface area contributed by atoms with E-state index in [-0.39, 0.29) is 0 Å². The Balaban J connectivity index is 2.77. The lowest BCUT2D eigenvalue weighted by Gasteiger charge is -2.37. The summed E-state index contributed by atoms with van der Waals surface area (Å²) < 4.78 is 4.84. The molecule has 0 aromatic carbocycles. The average molecular weight is 205 g/mol. The highest BCUT2D eigenvalue weighted by atomic mass is 16.6. The van der Waals surface area contributed by atoms with E-state index >= 15 is 0 Å². The molecule has 8 heteroatoms. The monoisotopic (exact) mass is 205 g/mol. The minimum Gasteiger partial charge on any atom is -0.394 e. The van der Waals surface area contributed by atoms with Crippen LogP contribution in [0.4, 0.5) is 0 Å². The lowest BCUT2D eigenvalue weighted by atomic mass is 9.99. The van der Waals surface area contributed by atoms with Gasteiger partial charge in [0.25, 0.3) is 0 Å². The summed E-state index contributed by atoms with van der Waals surface area (Å²) in [5, 5.41) is 39.6. The van der Waals surface area contributed by atoms with Gasteiger partial charge in [-0.1, -0.05) is 5.11 Å². The van der Waals surface area contributed by atoms with Crippen LogP contribution in [-0.2, 0) is 4.74 Å². The lowest BCUT2D eigenvalue weighted by molar-refractivity contribution is -0.227. The van der Waals surface area contributed by atoms with Crippen LogP contribution >= 0.6 is 0 Å². The second-order valence-electron chi connectivity index (χ2n) is 2.92. The second kappa shape index (κ2) is 4.56. The van der Waals surface area contributed by atoms with Crippen molar-refractivity contribution in [2.45, 2.75) is 30.6 Å². The van der Waals surface area contributed by atoms with Crippen LogP contribution in [0.5, 0.6) is 0 Å². The number of hydrogen-bond donors (Lipinski definition) is 4. The minimum atomic E-state index is -1.50. The van der Waals surface area contributed by atoms with Gasteiger partial charge in [0.1, 0.15) is 24.4 Å². The summed E-state index contributed by atoms with van der Waals surface area (Å²) in [6.07, 6.45) is -6.76. The maximum atomic E-state index is 9.27. The van der Waals surface area contributed by atoms with Crippen LogP contribution in [0.1, 0.15) is 0 Å².